The van der Waals surface area contributed by atoms with Gasteiger partial charge in [0.1, 0.15) is 17.4 Å². The molecule has 0 aliphatic carbocycles. The Balaban J connectivity index is 2.02. The summed E-state index contributed by atoms with van der Waals surface area (Å²) in [6, 6.07) is 5.46. The van der Waals surface area contributed by atoms with Gasteiger partial charge in [0, 0.05) is 17.5 Å². The third-order valence-electron chi connectivity index (χ3n) is 2.67. The molecule has 0 radical (unpaired) electrons. The molecule has 2 aromatic rings. The molecule has 0 aliphatic rings. The minimum absolute atomic E-state index is 0.0912. The summed E-state index contributed by atoms with van der Waals surface area (Å²) in [5.74, 6) is 1.06. The standard InChI is InChI=1S/C14H17ClN2O2S/c1-9(2)14-17-16-13(20-14)8-19-12-6-10(3-4-18)5-11(15)7-12/h5-7,9,18H,3-4,8H2,1-2H3. The molecule has 2 rings (SSSR count). The molecule has 0 unspecified atom stereocenters. The van der Waals surface area contributed by atoms with Crippen molar-refractivity contribution in [3.05, 3.63) is 38.8 Å². The number of hydrogen-bond donors (Lipinski definition) is 1. The highest BCUT2D eigenvalue weighted by Crippen LogP contribution is 2.24. The molecule has 6 heteroatoms. The Morgan fingerprint density at radius 2 is 2.10 bits per heavy atom. The predicted octanol–water partition coefficient (Wildman–Crippen LogP) is 3.43. The maximum Gasteiger partial charge on any atom is 0.155 e. The molecule has 1 aromatic heterocycles. The van der Waals surface area contributed by atoms with Crippen LogP contribution in [0.2, 0.25) is 5.02 Å². The van der Waals surface area contributed by atoms with Crippen LogP contribution in [0.4, 0.5) is 0 Å². The number of halogens is 1. The van der Waals surface area contributed by atoms with Crippen LogP contribution in [0.25, 0.3) is 0 Å². The maximum absolute atomic E-state index is 8.96. The van der Waals surface area contributed by atoms with Gasteiger partial charge in [0.05, 0.1) is 0 Å². The van der Waals surface area contributed by atoms with E-state index in [1.807, 2.05) is 12.1 Å². The molecule has 1 aromatic carbocycles. The zero-order valence-electron chi connectivity index (χ0n) is 11.5. The lowest BCUT2D eigenvalue weighted by molar-refractivity contribution is 0.296. The maximum atomic E-state index is 8.96. The van der Waals surface area contributed by atoms with E-state index in [0.717, 1.165) is 15.6 Å². The molecule has 1 heterocycles. The molecular formula is C14H17ClN2O2S. The van der Waals surface area contributed by atoms with Crippen molar-refractivity contribution in [1.82, 2.24) is 10.2 Å². The molecule has 0 spiro atoms. The fourth-order valence-electron chi connectivity index (χ4n) is 1.68. The number of ether oxygens (including phenoxy) is 1. The Labute approximate surface area is 127 Å². The Morgan fingerprint density at radius 1 is 1.30 bits per heavy atom. The van der Waals surface area contributed by atoms with Gasteiger partial charge in [0.15, 0.2) is 5.01 Å². The van der Waals surface area contributed by atoms with Crippen molar-refractivity contribution in [1.29, 1.82) is 0 Å². The van der Waals surface area contributed by atoms with Crippen LogP contribution in [0.15, 0.2) is 18.2 Å². The number of hydrogen-bond acceptors (Lipinski definition) is 5. The van der Waals surface area contributed by atoms with Crippen LogP contribution in [-0.2, 0) is 13.0 Å². The highest BCUT2D eigenvalue weighted by molar-refractivity contribution is 7.11. The lowest BCUT2D eigenvalue weighted by Crippen LogP contribution is -1.97. The van der Waals surface area contributed by atoms with E-state index in [-0.39, 0.29) is 6.61 Å². The van der Waals surface area contributed by atoms with Crippen LogP contribution in [0.3, 0.4) is 0 Å². The van der Waals surface area contributed by atoms with Gasteiger partial charge in [-0.3, -0.25) is 0 Å². The van der Waals surface area contributed by atoms with Gasteiger partial charge < -0.3 is 9.84 Å². The van der Waals surface area contributed by atoms with Gasteiger partial charge in [-0.15, -0.1) is 10.2 Å². The first-order valence-electron chi connectivity index (χ1n) is 6.44. The minimum atomic E-state index is 0.0912. The van der Waals surface area contributed by atoms with E-state index in [2.05, 4.69) is 24.0 Å². The van der Waals surface area contributed by atoms with Crippen LogP contribution in [-0.4, -0.2) is 21.9 Å². The van der Waals surface area contributed by atoms with E-state index >= 15 is 0 Å². The number of nitrogens with zero attached hydrogens (tertiary/aromatic N) is 2. The summed E-state index contributed by atoms with van der Waals surface area (Å²) in [5, 5.41) is 19.6. The first kappa shape index (κ1) is 15.2. The van der Waals surface area contributed by atoms with Crippen LogP contribution in [0.5, 0.6) is 5.75 Å². The highest BCUT2D eigenvalue weighted by Gasteiger charge is 2.08. The Hall–Kier alpha value is -1.17. The molecule has 0 fully saturated rings. The van der Waals surface area contributed by atoms with Gasteiger partial charge in [0.2, 0.25) is 0 Å². The van der Waals surface area contributed by atoms with E-state index in [4.69, 9.17) is 21.4 Å². The highest BCUT2D eigenvalue weighted by atomic mass is 35.5. The van der Waals surface area contributed by atoms with Crippen LogP contribution >= 0.6 is 22.9 Å². The first-order valence-corrected chi connectivity index (χ1v) is 7.63. The van der Waals surface area contributed by atoms with E-state index in [9.17, 15) is 0 Å². The third kappa shape index (κ3) is 4.16. The van der Waals surface area contributed by atoms with Crippen LogP contribution in [0, 0.1) is 0 Å². The molecule has 0 saturated heterocycles. The molecule has 1 N–H and O–H groups in total. The van der Waals surface area contributed by atoms with Gasteiger partial charge >= 0.3 is 0 Å². The summed E-state index contributed by atoms with van der Waals surface area (Å²) in [5.41, 5.74) is 0.954. The van der Waals surface area contributed by atoms with Crippen molar-refractivity contribution in [3.8, 4) is 5.75 Å². The van der Waals surface area contributed by atoms with Crippen molar-refractivity contribution in [2.24, 2.45) is 0 Å². The monoisotopic (exact) mass is 312 g/mol. The van der Waals surface area contributed by atoms with Gasteiger partial charge in [-0.05, 0) is 30.2 Å². The molecule has 4 nitrogen and oxygen atoms in total. The largest absolute Gasteiger partial charge is 0.486 e. The second-order valence-corrected chi connectivity index (χ2v) is 6.28. The number of aliphatic hydroxyl groups is 1. The summed E-state index contributed by atoms with van der Waals surface area (Å²) >= 11 is 7.58. The van der Waals surface area contributed by atoms with Crippen molar-refractivity contribution < 1.29 is 9.84 Å². The molecule has 0 bridgehead atoms. The molecule has 0 atom stereocenters. The third-order valence-corrected chi connectivity index (χ3v) is 4.09. The summed E-state index contributed by atoms with van der Waals surface area (Å²) in [6.45, 7) is 4.64. The van der Waals surface area contributed by atoms with Crippen LogP contribution < -0.4 is 4.74 Å². The van der Waals surface area contributed by atoms with E-state index in [1.165, 1.54) is 0 Å². The van der Waals surface area contributed by atoms with Crippen molar-refractivity contribution in [2.75, 3.05) is 6.61 Å². The number of aliphatic hydroxyl groups excluding tert-OH is 1. The molecular weight excluding hydrogens is 296 g/mol. The smallest absolute Gasteiger partial charge is 0.155 e. The molecule has 20 heavy (non-hydrogen) atoms. The minimum Gasteiger partial charge on any atom is -0.486 e. The van der Waals surface area contributed by atoms with Gasteiger partial charge in [-0.25, -0.2) is 0 Å². The quantitative estimate of drug-likeness (QED) is 0.888. The second kappa shape index (κ2) is 7.02. The normalized spacial score (nSPS) is 11.1. The first-order chi connectivity index (χ1) is 9.58. The molecule has 108 valence electrons. The molecule has 0 aliphatic heterocycles. The van der Waals surface area contributed by atoms with E-state index in [0.29, 0.717) is 29.7 Å². The van der Waals surface area contributed by atoms with Gasteiger partial charge in [-0.1, -0.05) is 36.8 Å². The SMILES string of the molecule is CC(C)c1nnc(COc2cc(Cl)cc(CCO)c2)s1. The predicted molar refractivity (Wildman–Crippen MR) is 80.6 cm³/mol. The van der Waals surface area contributed by atoms with Crippen LogP contribution in [0.1, 0.15) is 35.3 Å². The second-order valence-electron chi connectivity index (χ2n) is 4.75. The molecule has 0 amide bonds. The zero-order valence-corrected chi connectivity index (χ0v) is 13.0. The summed E-state index contributed by atoms with van der Waals surface area (Å²) in [6.07, 6.45) is 0.563. The average molecular weight is 313 g/mol. The number of aromatic nitrogens is 2. The Morgan fingerprint density at radius 3 is 2.75 bits per heavy atom. The lowest BCUT2D eigenvalue weighted by Gasteiger charge is -2.07. The van der Waals surface area contributed by atoms with Gasteiger partial charge in [0.25, 0.3) is 0 Å². The Bertz CT molecular complexity index is 572. The van der Waals surface area contributed by atoms with E-state index < -0.39 is 0 Å². The number of rotatable bonds is 6. The lowest BCUT2D eigenvalue weighted by atomic mass is 10.1. The summed E-state index contributed by atoms with van der Waals surface area (Å²) in [4.78, 5) is 0. The summed E-state index contributed by atoms with van der Waals surface area (Å²) < 4.78 is 5.69. The van der Waals surface area contributed by atoms with Crippen molar-refractivity contribution in [2.45, 2.75) is 32.8 Å². The zero-order chi connectivity index (χ0) is 14.5. The summed E-state index contributed by atoms with van der Waals surface area (Å²) in [7, 11) is 0. The fourth-order valence-corrected chi connectivity index (χ4v) is 2.69. The molecule has 0 saturated carbocycles. The van der Waals surface area contributed by atoms with Crippen molar-refractivity contribution in [3.63, 3.8) is 0 Å². The Kier molecular flexibility index (Phi) is 5.34. The van der Waals surface area contributed by atoms with Gasteiger partial charge in [-0.2, -0.15) is 0 Å². The average Bonchev–Trinajstić information content (AvgIpc) is 2.85. The fraction of sp³-hybridized carbons (Fsp3) is 0.429. The van der Waals surface area contributed by atoms with E-state index in [1.54, 1.807) is 17.4 Å². The number of benzene rings is 1. The van der Waals surface area contributed by atoms with Crippen molar-refractivity contribution >= 4 is 22.9 Å². The topological polar surface area (TPSA) is 55.2 Å².